The van der Waals surface area contributed by atoms with Crippen LogP contribution in [0, 0.1) is 0 Å². The molecule has 0 spiro atoms. The highest BCUT2D eigenvalue weighted by Crippen LogP contribution is 2.12. The average molecular weight is 296 g/mol. The van der Waals surface area contributed by atoms with Crippen LogP contribution in [0.2, 0.25) is 0 Å². The van der Waals surface area contributed by atoms with Crippen LogP contribution in [0.3, 0.4) is 0 Å². The molecule has 1 aromatic rings. The third kappa shape index (κ3) is 6.73. The van der Waals surface area contributed by atoms with E-state index in [1.165, 1.54) is 0 Å². The van der Waals surface area contributed by atoms with Crippen LogP contribution in [-0.4, -0.2) is 46.6 Å². The van der Waals surface area contributed by atoms with Gasteiger partial charge in [0.1, 0.15) is 0 Å². The summed E-state index contributed by atoms with van der Waals surface area (Å²) in [6.45, 7) is 9.17. The van der Waals surface area contributed by atoms with Crippen LogP contribution in [0.15, 0.2) is 0 Å². The zero-order valence-electron chi connectivity index (χ0n) is 13.1. The molecule has 0 fully saturated rings. The molecule has 8 heteroatoms. The Morgan fingerprint density at radius 3 is 2.38 bits per heavy atom. The highest BCUT2D eigenvalue weighted by molar-refractivity contribution is 5.80. The number of ether oxygens (including phenoxy) is 1. The second kappa shape index (κ2) is 8.93. The molecule has 0 unspecified atom stereocenters. The third-order valence-electron chi connectivity index (χ3n) is 2.27. The summed E-state index contributed by atoms with van der Waals surface area (Å²) in [5, 5.41) is 8.64. The molecule has 0 bridgehead atoms. The molecule has 1 heterocycles. The Morgan fingerprint density at radius 1 is 1.14 bits per heavy atom. The molecule has 0 saturated carbocycles. The van der Waals surface area contributed by atoms with E-state index in [0.29, 0.717) is 25.0 Å². The van der Waals surface area contributed by atoms with Crippen molar-refractivity contribution in [2.45, 2.75) is 40.2 Å². The number of aromatic nitrogens is 3. The summed E-state index contributed by atoms with van der Waals surface area (Å²) in [7, 11) is 0. The maximum absolute atomic E-state index is 11.6. The van der Waals surface area contributed by atoms with E-state index in [-0.39, 0.29) is 24.6 Å². The number of nitrogens with one attached hydrogen (secondary N) is 3. The normalized spacial score (nSPS) is 10.3. The molecule has 1 amide bonds. The largest absolute Gasteiger partial charge is 0.461 e. The van der Waals surface area contributed by atoms with Crippen molar-refractivity contribution in [2.24, 2.45) is 0 Å². The fourth-order valence-corrected chi connectivity index (χ4v) is 1.42. The third-order valence-corrected chi connectivity index (χ3v) is 2.27. The number of rotatable bonds is 9. The van der Waals surface area contributed by atoms with E-state index in [1.54, 1.807) is 0 Å². The second-order valence-electron chi connectivity index (χ2n) is 4.67. The van der Waals surface area contributed by atoms with Crippen molar-refractivity contribution >= 4 is 17.8 Å². The van der Waals surface area contributed by atoms with E-state index in [0.717, 1.165) is 6.42 Å². The van der Waals surface area contributed by atoms with E-state index in [1.807, 2.05) is 27.7 Å². The molecule has 0 aromatic carbocycles. The van der Waals surface area contributed by atoms with Gasteiger partial charge in [-0.3, -0.25) is 4.79 Å². The molecule has 118 valence electrons. The topological polar surface area (TPSA) is 101 Å². The van der Waals surface area contributed by atoms with Crippen molar-refractivity contribution in [2.75, 3.05) is 30.3 Å². The summed E-state index contributed by atoms with van der Waals surface area (Å²) in [6.07, 6.45) is 0.858. The summed E-state index contributed by atoms with van der Waals surface area (Å²) in [6, 6.07) is 0.229. The molecule has 0 radical (unpaired) electrons. The van der Waals surface area contributed by atoms with Crippen molar-refractivity contribution in [1.82, 2.24) is 20.3 Å². The number of hydrogen-bond acceptors (Lipinski definition) is 7. The second-order valence-corrected chi connectivity index (χ2v) is 4.67. The van der Waals surface area contributed by atoms with Crippen molar-refractivity contribution < 1.29 is 9.53 Å². The number of hydrogen-bond donors (Lipinski definition) is 3. The first kappa shape index (κ1) is 16.9. The molecule has 0 aliphatic carbocycles. The monoisotopic (exact) mass is 296 g/mol. The van der Waals surface area contributed by atoms with Gasteiger partial charge < -0.3 is 20.7 Å². The first-order chi connectivity index (χ1) is 10.0. The summed E-state index contributed by atoms with van der Waals surface area (Å²) >= 11 is 0. The zero-order chi connectivity index (χ0) is 15.7. The van der Waals surface area contributed by atoms with Crippen molar-refractivity contribution in [3.63, 3.8) is 0 Å². The highest BCUT2D eigenvalue weighted by Gasteiger charge is 2.09. The summed E-state index contributed by atoms with van der Waals surface area (Å²) in [5.74, 6) is 0.622. The summed E-state index contributed by atoms with van der Waals surface area (Å²) in [4.78, 5) is 24.0. The van der Waals surface area contributed by atoms with Gasteiger partial charge >= 0.3 is 6.01 Å². The standard InChI is InChI=1S/C13H24N6O2/c1-5-7-15-10(20)8-16-12-17-11(14-6-2)18-13(19-12)21-9(3)4/h9H,5-8H2,1-4H3,(H,15,20)(H2,14,16,17,18,19). The number of carbonyl (C=O) groups is 1. The van der Waals surface area contributed by atoms with Gasteiger partial charge in [-0.2, -0.15) is 15.0 Å². The summed E-state index contributed by atoms with van der Waals surface area (Å²) < 4.78 is 5.47. The minimum Gasteiger partial charge on any atom is -0.461 e. The van der Waals surface area contributed by atoms with Gasteiger partial charge in [-0.25, -0.2) is 0 Å². The van der Waals surface area contributed by atoms with Crippen molar-refractivity contribution in [1.29, 1.82) is 0 Å². The average Bonchev–Trinajstić information content (AvgIpc) is 2.42. The lowest BCUT2D eigenvalue weighted by molar-refractivity contribution is -0.119. The molecular formula is C13H24N6O2. The molecule has 0 aliphatic heterocycles. The molecule has 0 aliphatic rings. The minimum absolute atomic E-state index is 0.0393. The van der Waals surface area contributed by atoms with E-state index >= 15 is 0 Å². The van der Waals surface area contributed by atoms with Gasteiger partial charge in [0.2, 0.25) is 17.8 Å². The number of amides is 1. The first-order valence-electron chi connectivity index (χ1n) is 7.22. The fraction of sp³-hybridized carbons (Fsp3) is 0.692. The maximum Gasteiger partial charge on any atom is 0.323 e. The molecule has 3 N–H and O–H groups in total. The lowest BCUT2D eigenvalue weighted by atomic mass is 10.4. The molecule has 21 heavy (non-hydrogen) atoms. The number of nitrogens with zero attached hydrogens (tertiary/aromatic N) is 3. The van der Waals surface area contributed by atoms with Gasteiger partial charge in [-0.15, -0.1) is 0 Å². The van der Waals surface area contributed by atoms with Gasteiger partial charge in [0.05, 0.1) is 12.6 Å². The summed E-state index contributed by atoms with van der Waals surface area (Å²) in [5.41, 5.74) is 0. The van der Waals surface area contributed by atoms with E-state index in [9.17, 15) is 4.79 Å². The Morgan fingerprint density at radius 2 is 1.81 bits per heavy atom. The van der Waals surface area contributed by atoms with E-state index < -0.39 is 0 Å². The van der Waals surface area contributed by atoms with Crippen molar-refractivity contribution in [3.8, 4) is 6.01 Å². The lowest BCUT2D eigenvalue weighted by Crippen LogP contribution is -2.30. The Bertz CT molecular complexity index is 452. The van der Waals surface area contributed by atoms with Gasteiger partial charge in [0.25, 0.3) is 0 Å². The van der Waals surface area contributed by atoms with Crippen LogP contribution in [0.4, 0.5) is 11.9 Å². The predicted molar refractivity (Wildman–Crippen MR) is 81.5 cm³/mol. The fourth-order valence-electron chi connectivity index (χ4n) is 1.42. The maximum atomic E-state index is 11.6. The highest BCUT2D eigenvalue weighted by atomic mass is 16.5. The zero-order valence-corrected chi connectivity index (χ0v) is 13.1. The Labute approximate surface area is 125 Å². The Kier molecular flexibility index (Phi) is 7.20. The van der Waals surface area contributed by atoms with Gasteiger partial charge in [0.15, 0.2) is 0 Å². The van der Waals surface area contributed by atoms with E-state index in [2.05, 4.69) is 30.9 Å². The predicted octanol–water partition coefficient (Wildman–Crippen LogP) is 1.03. The van der Waals surface area contributed by atoms with Crippen LogP contribution < -0.4 is 20.7 Å². The van der Waals surface area contributed by atoms with E-state index in [4.69, 9.17) is 4.74 Å². The lowest BCUT2D eigenvalue weighted by Gasteiger charge is -2.11. The molecule has 8 nitrogen and oxygen atoms in total. The number of carbonyl (C=O) groups excluding carboxylic acids is 1. The SMILES string of the molecule is CCCNC(=O)CNc1nc(NCC)nc(OC(C)C)n1. The van der Waals surface area contributed by atoms with Crippen LogP contribution in [-0.2, 0) is 4.79 Å². The van der Waals surface area contributed by atoms with Crippen LogP contribution in [0.25, 0.3) is 0 Å². The van der Waals surface area contributed by atoms with Crippen LogP contribution in [0.5, 0.6) is 6.01 Å². The smallest absolute Gasteiger partial charge is 0.323 e. The van der Waals surface area contributed by atoms with Crippen molar-refractivity contribution in [3.05, 3.63) is 0 Å². The molecule has 1 rings (SSSR count). The van der Waals surface area contributed by atoms with Gasteiger partial charge in [-0.05, 0) is 27.2 Å². The van der Waals surface area contributed by atoms with Gasteiger partial charge in [-0.1, -0.05) is 6.92 Å². The Balaban J connectivity index is 2.70. The van der Waals surface area contributed by atoms with Gasteiger partial charge in [0, 0.05) is 13.1 Å². The van der Waals surface area contributed by atoms with Crippen LogP contribution >= 0.6 is 0 Å². The minimum atomic E-state index is -0.103. The molecule has 0 saturated heterocycles. The molecule has 0 atom stereocenters. The number of anilines is 2. The van der Waals surface area contributed by atoms with Crippen LogP contribution in [0.1, 0.15) is 34.1 Å². The molecule has 1 aromatic heterocycles. The first-order valence-corrected chi connectivity index (χ1v) is 7.22. The molecular weight excluding hydrogens is 272 g/mol. The quantitative estimate of drug-likeness (QED) is 0.625. The Hall–Kier alpha value is -2.12.